The molecule has 0 unspecified atom stereocenters. The van der Waals surface area contributed by atoms with E-state index in [0.717, 1.165) is 0 Å². The average Bonchev–Trinajstić information content (AvgIpc) is 1.97. The van der Waals surface area contributed by atoms with Crippen molar-refractivity contribution in [2.75, 3.05) is 0 Å². The molecule has 0 radical (unpaired) electrons. The summed E-state index contributed by atoms with van der Waals surface area (Å²) in [5.74, 6) is 0. The molecular formula is C10H12. The Morgan fingerprint density at radius 2 is 0.800 bits per heavy atom. The summed E-state index contributed by atoms with van der Waals surface area (Å²) in [6.07, 6.45) is 14.9. The molecule has 0 aromatic rings. The van der Waals surface area contributed by atoms with Gasteiger partial charge >= 0.3 is 0 Å². The largest absolute Gasteiger partial charge is 0.0991 e. The summed E-state index contributed by atoms with van der Waals surface area (Å²) < 4.78 is 0. The summed E-state index contributed by atoms with van der Waals surface area (Å²) in [5.41, 5.74) is 0. The molecular weight excluding hydrogens is 120 g/mol. The number of hydrogen-bond acceptors (Lipinski definition) is 0. The smallest absolute Gasteiger partial charge is 0.0623 e. The van der Waals surface area contributed by atoms with Crippen LogP contribution in [0.3, 0.4) is 0 Å². The average molecular weight is 132 g/mol. The lowest BCUT2D eigenvalue weighted by Gasteiger charge is -1.70. The van der Waals surface area contributed by atoms with Crippen molar-refractivity contribution in [2.45, 2.75) is 0 Å². The molecule has 0 heteroatoms. The summed E-state index contributed by atoms with van der Waals surface area (Å²) in [6.45, 7) is 7.08. The Morgan fingerprint density at radius 3 is 1.10 bits per heavy atom. The molecule has 0 heterocycles. The van der Waals surface area contributed by atoms with E-state index in [1.54, 1.807) is 12.2 Å². The Bertz CT molecular complexity index is 148. The molecule has 0 aliphatic heterocycles. The van der Waals surface area contributed by atoms with Gasteiger partial charge in [0.2, 0.25) is 0 Å². The fraction of sp³-hybridized carbons (Fsp3) is 0. The second-order valence-corrected chi connectivity index (χ2v) is 1.63. The highest BCUT2D eigenvalue weighted by Gasteiger charge is 1.58. The predicted octanol–water partition coefficient (Wildman–Crippen LogP) is 3.03. The Labute approximate surface area is 62.6 Å². The third-order valence-electron chi connectivity index (χ3n) is 0.828. The van der Waals surface area contributed by atoms with Crippen LogP contribution in [0.1, 0.15) is 0 Å². The van der Waals surface area contributed by atoms with Crippen LogP contribution in [-0.2, 0) is 0 Å². The van der Waals surface area contributed by atoms with Crippen LogP contribution in [0.15, 0.2) is 61.8 Å². The lowest BCUT2D eigenvalue weighted by atomic mass is 10.4. The molecule has 0 aromatic heterocycles. The predicted molar refractivity (Wildman–Crippen MR) is 47.8 cm³/mol. The summed E-state index contributed by atoms with van der Waals surface area (Å²) in [6, 6.07) is 0. The normalized spacial score (nSPS) is 11.6. The highest BCUT2D eigenvalue weighted by atomic mass is 13.7. The molecule has 0 nitrogen and oxygen atoms in total. The summed E-state index contributed by atoms with van der Waals surface area (Å²) >= 11 is 0. The van der Waals surface area contributed by atoms with Crippen molar-refractivity contribution in [2.24, 2.45) is 0 Å². The highest BCUT2D eigenvalue weighted by molar-refractivity contribution is 5.16. The highest BCUT2D eigenvalue weighted by Crippen LogP contribution is 1.80. The molecule has 0 atom stereocenters. The van der Waals surface area contributed by atoms with Crippen molar-refractivity contribution in [3.8, 4) is 0 Å². The van der Waals surface area contributed by atoms with Gasteiger partial charge in [0, 0.05) is 0 Å². The van der Waals surface area contributed by atoms with Crippen molar-refractivity contribution in [3.05, 3.63) is 61.8 Å². The molecule has 0 saturated carbocycles. The van der Waals surface area contributed by atoms with E-state index in [0.29, 0.717) is 0 Å². The zero-order chi connectivity index (χ0) is 7.66. The molecule has 0 aliphatic rings. The van der Waals surface area contributed by atoms with E-state index in [1.807, 2.05) is 36.5 Å². The van der Waals surface area contributed by atoms with Gasteiger partial charge in [-0.05, 0) is 0 Å². The Hall–Kier alpha value is -1.30. The topological polar surface area (TPSA) is 0 Å². The standard InChI is InChI=1S/C10H12/c1-3-5-7-9-10-8-6-4-2/h3-10H,1-2H2/b7-5+,8-6+,10-9-. The van der Waals surface area contributed by atoms with Crippen LogP contribution >= 0.6 is 0 Å². The van der Waals surface area contributed by atoms with E-state index in [9.17, 15) is 0 Å². The van der Waals surface area contributed by atoms with Crippen molar-refractivity contribution in [3.63, 3.8) is 0 Å². The van der Waals surface area contributed by atoms with Crippen LogP contribution in [0, 0.1) is 0 Å². The maximum absolute atomic E-state index is 3.54. The van der Waals surface area contributed by atoms with E-state index < -0.39 is 0 Å². The molecule has 0 N–H and O–H groups in total. The molecule has 0 saturated heterocycles. The molecule has 0 spiro atoms. The van der Waals surface area contributed by atoms with Gasteiger partial charge in [-0.25, -0.2) is 0 Å². The van der Waals surface area contributed by atoms with Gasteiger partial charge in [-0.2, -0.15) is 0 Å². The quantitative estimate of drug-likeness (QED) is 0.516. The second kappa shape index (κ2) is 7.70. The van der Waals surface area contributed by atoms with Gasteiger partial charge in [0.15, 0.2) is 0 Å². The van der Waals surface area contributed by atoms with Crippen molar-refractivity contribution >= 4 is 0 Å². The van der Waals surface area contributed by atoms with E-state index in [2.05, 4.69) is 13.2 Å². The lowest BCUT2D eigenvalue weighted by molar-refractivity contribution is 1.88. The first-order valence-corrected chi connectivity index (χ1v) is 3.15. The van der Waals surface area contributed by atoms with Gasteiger partial charge in [0.25, 0.3) is 0 Å². The maximum atomic E-state index is 3.54. The van der Waals surface area contributed by atoms with Crippen molar-refractivity contribution in [1.82, 2.24) is 0 Å². The third-order valence-corrected chi connectivity index (χ3v) is 0.828. The van der Waals surface area contributed by atoms with Gasteiger partial charge < -0.3 is 0 Å². The first-order valence-electron chi connectivity index (χ1n) is 3.15. The Kier molecular flexibility index (Phi) is 6.70. The third kappa shape index (κ3) is 6.70. The second-order valence-electron chi connectivity index (χ2n) is 1.63. The van der Waals surface area contributed by atoms with Crippen LogP contribution in [0.5, 0.6) is 0 Å². The van der Waals surface area contributed by atoms with E-state index in [1.165, 1.54) is 0 Å². The van der Waals surface area contributed by atoms with Gasteiger partial charge in [0.1, 0.15) is 0 Å². The van der Waals surface area contributed by atoms with Crippen LogP contribution in [-0.4, -0.2) is 0 Å². The number of allylic oxidation sites excluding steroid dienone is 8. The minimum absolute atomic E-state index is 1.74. The first-order chi connectivity index (χ1) is 4.91. The van der Waals surface area contributed by atoms with Crippen LogP contribution in [0.25, 0.3) is 0 Å². The maximum Gasteiger partial charge on any atom is -0.0623 e. The zero-order valence-electron chi connectivity index (χ0n) is 6.03. The van der Waals surface area contributed by atoms with Crippen LogP contribution in [0.4, 0.5) is 0 Å². The first kappa shape index (κ1) is 8.70. The van der Waals surface area contributed by atoms with E-state index in [-0.39, 0.29) is 0 Å². The van der Waals surface area contributed by atoms with Crippen molar-refractivity contribution in [1.29, 1.82) is 0 Å². The van der Waals surface area contributed by atoms with Crippen LogP contribution in [0.2, 0.25) is 0 Å². The fourth-order valence-corrected chi connectivity index (χ4v) is 0.414. The Balaban J connectivity index is 3.55. The van der Waals surface area contributed by atoms with Gasteiger partial charge in [-0.1, -0.05) is 61.8 Å². The number of hydrogen-bond donors (Lipinski definition) is 0. The zero-order valence-corrected chi connectivity index (χ0v) is 6.03. The fourth-order valence-electron chi connectivity index (χ4n) is 0.414. The monoisotopic (exact) mass is 132 g/mol. The summed E-state index contributed by atoms with van der Waals surface area (Å²) in [5, 5.41) is 0. The molecule has 0 fully saturated rings. The molecule has 0 rings (SSSR count). The molecule has 0 amide bonds. The SMILES string of the molecule is C=C/C=C/C=C\C=C\C=C. The molecule has 0 aromatic carbocycles. The Morgan fingerprint density at radius 1 is 0.500 bits per heavy atom. The molecule has 10 heavy (non-hydrogen) atoms. The number of rotatable bonds is 4. The van der Waals surface area contributed by atoms with E-state index in [4.69, 9.17) is 0 Å². The summed E-state index contributed by atoms with van der Waals surface area (Å²) in [7, 11) is 0. The van der Waals surface area contributed by atoms with Gasteiger partial charge in [-0.3, -0.25) is 0 Å². The minimum Gasteiger partial charge on any atom is -0.0991 e. The van der Waals surface area contributed by atoms with Gasteiger partial charge in [0.05, 0.1) is 0 Å². The molecule has 0 aliphatic carbocycles. The molecule has 0 bridgehead atoms. The molecule has 52 valence electrons. The lowest BCUT2D eigenvalue weighted by Crippen LogP contribution is -1.48. The van der Waals surface area contributed by atoms with Gasteiger partial charge in [-0.15, -0.1) is 0 Å². The van der Waals surface area contributed by atoms with E-state index >= 15 is 0 Å². The minimum atomic E-state index is 1.74. The summed E-state index contributed by atoms with van der Waals surface area (Å²) in [4.78, 5) is 0. The van der Waals surface area contributed by atoms with Crippen LogP contribution < -0.4 is 0 Å². The van der Waals surface area contributed by atoms with Crippen molar-refractivity contribution < 1.29 is 0 Å².